The minimum absolute atomic E-state index is 0.303. The van der Waals surface area contributed by atoms with Crippen LogP contribution in [0.1, 0.15) is 22.8 Å². The molecule has 1 atom stereocenters. The first-order valence-corrected chi connectivity index (χ1v) is 6.97. The molecule has 0 bridgehead atoms. The number of hydrogen-bond donors (Lipinski definition) is 1. The van der Waals surface area contributed by atoms with Crippen LogP contribution < -0.4 is 10.6 Å². The Hall–Kier alpha value is -2.49. The topological polar surface area (TPSA) is 55.6 Å². The summed E-state index contributed by atoms with van der Waals surface area (Å²) in [5.41, 5.74) is 10.6. The Bertz CT molecular complexity index is 697. The van der Waals surface area contributed by atoms with Gasteiger partial charge in [0.15, 0.2) is 0 Å². The van der Waals surface area contributed by atoms with Gasteiger partial charge in [-0.05, 0) is 43.2 Å². The first-order chi connectivity index (χ1) is 10.1. The minimum atomic E-state index is -0.351. The molecule has 0 amide bonds. The first-order valence-electron chi connectivity index (χ1n) is 6.97. The predicted molar refractivity (Wildman–Crippen MR) is 83.9 cm³/mol. The second-order valence-corrected chi connectivity index (χ2v) is 5.32. The molecular weight excluding hydrogens is 264 g/mol. The van der Waals surface area contributed by atoms with Gasteiger partial charge in [-0.2, -0.15) is 0 Å². The van der Waals surface area contributed by atoms with Crippen LogP contribution in [0, 0.1) is 0 Å². The summed E-state index contributed by atoms with van der Waals surface area (Å²) in [5.74, 6) is -0.351. The molecule has 0 aromatic heterocycles. The number of para-hydroxylation sites is 1. The molecule has 0 saturated carbocycles. The molecule has 1 aliphatic heterocycles. The Morgan fingerprint density at radius 2 is 2.00 bits per heavy atom. The number of ether oxygens (including phenoxy) is 1. The van der Waals surface area contributed by atoms with Crippen LogP contribution in [0.2, 0.25) is 0 Å². The molecule has 0 fully saturated rings. The highest BCUT2D eigenvalue weighted by Gasteiger charge is 2.28. The highest BCUT2D eigenvalue weighted by molar-refractivity contribution is 5.93. The molecular formula is C17H18N2O2. The van der Waals surface area contributed by atoms with E-state index in [0.717, 1.165) is 17.8 Å². The SMILES string of the molecule is COC(=O)c1ccc(N)c(N2c3ccccc3CC2C)c1. The molecule has 4 nitrogen and oxygen atoms in total. The van der Waals surface area contributed by atoms with Crippen molar-refractivity contribution >= 4 is 23.0 Å². The monoisotopic (exact) mass is 282 g/mol. The third-order valence-corrected chi connectivity index (χ3v) is 3.92. The van der Waals surface area contributed by atoms with Gasteiger partial charge in [0.05, 0.1) is 24.0 Å². The van der Waals surface area contributed by atoms with E-state index in [4.69, 9.17) is 10.5 Å². The van der Waals surface area contributed by atoms with Crippen molar-refractivity contribution in [3.05, 3.63) is 53.6 Å². The number of hydrogen-bond acceptors (Lipinski definition) is 4. The first kappa shape index (κ1) is 13.5. The Morgan fingerprint density at radius 3 is 2.76 bits per heavy atom. The molecule has 21 heavy (non-hydrogen) atoms. The fourth-order valence-electron chi connectivity index (χ4n) is 2.93. The molecule has 0 aliphatic carbocycles. The number of nitrogen functional groups attached to an aromatic ring is 1. The lowest BCUT2D eigenvalue weighted by molar-refractivity contribution is 0.0601. The van der Waals surface area contributed by atoms with Crippen molar-refractivity contribution in [1.82, 2.24) is 0 Å². The van der Waals surface area contributed by atoms with Gasteiger partial charge in [0, 0.05) is 11.7 Å². The lowest BCUT2D eigenvalue weighted by Gasteiger charge is -2.26. The van der Waals surface area contributed by atoms with E-state index < -0.39 is 0 Å². The van der Waals surface area contributed by atoms with Crippen LogP contribution in [0.15, 0.2) is 42.5 Å². The Labute approximate surface area is 124 Å². The Morgan fingerprint density at radius 1 is 1.24 bits per heavy atom. The average Bonchev–Trinajstić information content (AvgIpc) is 2.83. The van der Waals surface area contributed by atoms with Gasteiger partial charge in [0.2, 0.25) is 0 Å². The van der Waals surface area contributed by atoms with Crippen LogP contribution in [0.5, 0.6) is 0 Å². The number of rotatable bonds is 2. The van der Waals surface area contributed by atoms with Crippen LogP contribution in [0.3, 0.4) is 0 Å². The summed E-state index contributed by atoms with van der Waals surface area (Å²) in [7, 11) is 1.38. The summed E-state index contributed by atoms with van der Waals surface area (Å²) in [6.07, 6.45) is 0.970. The normalized spacial score (nSPS) is 16.7. The van der Waals surface area contributed by atoms with Gasteiger partial charge in [-0.15, -0.1) is 0 Å². The number of anilines is 3. The molecule has 1 aliphatic rings. The van der Waals surface area contributed by atoms with Crippen LogP contribution in [-0.2, 0) is 11.2 Å². The summed E-state index contributed by atoms with van der Waals surface area (Å²) in [4.78, 5) is 13.9. The lowest BCUT2D eigenvalue weighted by Crippen LogP contribution is -2.25. The van der Waals surface area contributed by atoms with Crippen molar-refractivity contribution in [2.45, 2.75) is 19.4 Å². The van der Waals surface area contributed by atoms with Crippen molar-refractivity contribution < 1.29 is 9.53 Å². The zero-order valence-electron chi connectivity index (χ0n) is 12.2. The summed E-state index contributed by atoms with van der Waals surface area (Å²) < 4.78 is 4.79. The minimum Gasteiger partial charge on any atom is -0.465 e. The van der Waals surface area contributed by atoms with Crippen molar-refractivity contribution in [1.29, 1.82) is 0 Å². The van der Waals surface area contributed by atoms with E-state index >= 15 is 0 Å². The fraction of sp³-hybridized carbons (Fsp3) is 0.235. The Balaban J connectivity index is 2.10. The number of benzene rings is 2. The van der Waals surface area contributed by atoms with Crippen molar-refractivity contribution in [2.75, 3.05) is 17.7 Å². The van der Waals surface area contributed by atoms with Gasteiger partial charge in [-0.1, -0.05) is 18.2 Å². The molecule has 1 heterocycles. The maximum absolute atomic E-state index is 11.7. The smallest absolute Gasteiger partial charge is 0.337 e. The number of nitrogens with zero attached hydrogens (tertiary/aromatic N) is 1. The van der Waals surface area contributed by atoms with E-state index in [1.165, 1.54) is 12.7 Å². The van der Waals surface area contributed by atoms with E-state index in [1.54, 1.807) is 18.2 Å². The quantitative estimate of drug-likeness (QED) is 0.679. The van der Waals surface area contributed by atoms with E-state index in [2.05, 4.69) is 24.0 Å². The molecule has 1 unspecified atom stereocenters. The van der Waals surface area contributed by atoms with Gasteiger partial charge < -0.3 is 15.4 Å². The van der Waals surface area contributed by atoms with Crippen molar-refractivity contribution in [2.24, 2.45) is 0 Å². The lowest BCUT2D eigenvalue weighted by atomic mass is 10.1. The number of nitrogens with two attached hydrogens (primary N) is 1. The number of fused-ring (bicyclic) bond motifs is 1. The molecule has 3 rings (SSSR count). The van der Waals surface area contributed by atoms with E-state index in [9.17, 15) is 4.79 Å². The molecule has 0 spiro atoms. The summed E-state index contributed by atoms with van der Waals surface area (Å²) >= 11 is 0. The molecule has 2 aromatic rings. The fourth-order valence-corrected chi connectivity index (χ4v) is 2.93. The highest BCUT2D eigenvalue weighted by Crippen LogP contribution is 2.40. The van der Waals surface area contributed by atoms with Crippen LogP contribution in [0.25, 0.3) is 0 Å². The molecule has 2 N–H and O–H groups in total. The number of carbonyl (C=O) groups excluding carboxylic acids is 1. The van der Waals surface area contributed by atoms with Crippen molar-refractivity contribution in [3.8, 4) is 0 Å². The van der Waals surface area contributed by atoms with Crippen LogP contribution in [0.4, 0.5) is 17.1 Å². The molecule has 108 valence electrons. The standard InChI is InChI=1S/C17H18N2O2/c1-11-9-12-5-3-4-6-15(12)19(11)16-10-13(17(20)21-2)7-8-14(16)18/h3-8,10-11H,9,18H2,1-2H3. The molecule has 0 radical (unpaired) electrons. The van der Waals surface area contributed by atoms with Gasteiger partial charge in [-0.25, -0.2) is 4.79 Å². The second kappa shape index (κ2) is 5.13. The number of methoxy groups -OCH3 is 1. The van der Waals surface area contributed by atoms with E-state index in [-0.39, 0.29) is 5.97 Å². The van der Waals surface area contributed by atoms with E-state index in [1.807, 2.05) is 12.1 Å². The molecule has 2 aromatic carbocycles. The van der Waals surface area contributed by atoms with Crippen molar-refractivity contribution in [3.63, 3.8) is 0 Å². The maximum Gasteiger partial charge on any atom is 0.337 e. The summed E-state index contributed by atoms with van der Waals surface area (Å²) in [5, 5.41) is 0. The van der Waals surface area contributed by atoms with Crippen LogP contribution in [-0.4, -0.2) is 19.1 Å². The summed E-state index contributed by atoms with van der Waals surface area (Å²) in [6, 6.07) is 13.8. The zero-order valence-corrected chi connectivity index (χ0v) is 12.2. The van der Waals surface area contributed by atoms with Crippen LogP contribution >= 0.6 is 0 Å². The largest absolute Gasteiger partial charge is 0.465 e. The third kappa shape index (κ3) is 2.23. The predicted octanol–water partition coefficient (Wildman–Crippen LogP) is 3.14. The second-order valence-electron chi connectivity index (χ2n) is 5.32. The summed E-state index contributed by atoms with van der Waals surface area (Å²) in [6.45, 7) is 2.16. The number of esters is 1. The maximum atomic E-state index is 11.7. The average molecular weight is 282 g/mol. The zero-order chi connectivity index (χ0) is 15.0. The highest BCUT2D eigenvalue weighted by atomic mass is 16.5. The van der Waals surface area contributed by atoms with E-state index in [0.29, 0.717) is 17.3 Å². The van der Waals surface area contributed by atoms with Gasteiger partial charge in [0.1, 0.15) is 0 Å². The number of carbonyl (C=O) groups is 1. The third-order valence-electron chi connectivity index (χ3n) is 3.92. The van der Waals surface area contributed by atoms with Gasteiger partial charge >= 0.3 is 5.97 Å². The Kier molecular flexibility index (Phi) is 3.29. The molecule has 4 heteroatoms. The molecule has 0 saturated heterocycles. The van der Waals surface area contributed by atoms with Gasteiger partial charge in [0.25, 0.3) is 0 Å². The van der Waals surface area contributed by atoms with Gasteiger partial charge in [-0.3, -0.25) is 0 Å².